The van der Waals surface area contributed by atoms with Gasteiger partial charge in [0.15, 0.2) is 0 Å². The summed E-state index contributed by atoms with van der Waals surface area (Å²) in [7, 11) is 2.13. The van der Waals surface area contributed by atoms with Crippen molar-refractivity contribution in [3.05, 3.63) is 36.3 Å². The molecule has 1 rings (SSSR count). The molecule has 0 spiro atoms. The summed E-state index contributed by atoms with van der Waals surface area (Å²) in [5, 5.41) is 3.38. The summed E-state index contributed by atoms with van der Waals surface area (Å²) in [5.74, 6) is 1.05. The molecule has 0 aliphatic rings. The molecule has 0 aliphatic heterocycles. The van der Waals surface area contributed by atoms with Gasteiger partial charge >= 0.3 is 0 Å². The van der Waals surface area contributed by atoms with Crippen molar-refractivity contribution in [2.45, 2.75) is 39.3 Å². The highest BCUT2D eigenvalue weighted by molar-refractivity contribution is 5.12. The number of hydrogen-bond acceptors (Lipinski definition) is 3. The molecule has 0 aromatic carbocycles. The summed E-state index contributed by atoms with van der Waals surface area (Å²) < 4.78 is 5.57. The van der Waals surface area contributed by atoms with Gasteiger partial charge in [0.05, 0.1) is 12.8 Å². The van der Waals surface area contributed by atoms with Crippen LogP contribution in [-0.2, 0) is 13.1 Å². The highest BCUT2D eigenvalue weighted by Crippen LogP contribution is 2.10. The van der Waals surface area contributed by atoms with Gasteiger partial charge in [-0.05, 0) is 45.5 Å². The van der Waals surface area contributed by atoms with E-state index in [1.54, 1.807) is 0 Å². The Morgan fingerprint density at radius 2 is 2.33 bits per heavy atom. The molecule has 0 unspecified atom stereocenters. The molecule has 0 saturated carbocycles. The molecule has 1 aromatic heterocycles. The van der Waals surface area contributed by atoms with Gasteiger partial charge in [0.1, 0.15) is 5.76 Å². The van der Waals surface area contributed by atoms with Crippen molar-refractivity contribution < 1.29 is 4.42 Å². The smallest absolute Gasteiger partial charge is 0.118 e. The highest BCUT2D eigenvalue weighted by atomic mass is 16.3. The van der Waals surface area contributed by atoms with Crippen LogP contribution in [0.3, 0.4) is 0 Å². The molecular weight excluding hydrogens is 224 g/mol. The molecule has 0 radical (unpaired) electrons. The Morgan fingerprint density at radius 3 is 3.06 bits per heavy atom. The second-order valence-electron chi connectivity index (χ2n) is 4.77. The number of hydrogen-bond donors (Lipinski definition) is 1. The Kier molecular flexibility index (Phi) is 7.46. The third-order valence-electron chi connectivity index (χ3n) is 2.84. The van der Waals surface area contributed by atoms with Crippen LogP contribution in [0.2, 0.25) is 0 Å². The van der Waals surface area contributed by atoms with E-state index in [9.17, 15) is 0 Å². The van der Waals surface area contributed by atoms with E-state index in [1.807, 2.05) is 12.3 Å². The SMILES string of the molecule is C=CCCCN(C)Cc1cc(CNCCC)co1. The molecule has 0 atom stereocenters. The van der Waals surface area contributed by atoms with Gasteiger partial charge < -0.3 is 9.73 Å². The summed E-state index contributed by atoms with van der Waals surface area (Å²) in [6, 6.07) is 2.15. The lowest BCUT2D eigenvalue weighted by atomic mass is 10.2. The topological polar surface area (TPSA) is 28.4 Å². The zero-order valence-electron chi connectivity index (χ0n) is 11.7. The number of rotatable bonds is 10. The normalized spacial score (nSPS) is 11.1. The van der Waals surface area contributed by atoms with Crippen LogP contribution in [0.1, 0.15) is 37.5 Å². The van der Waals surface area contributed by atoms with E-state index in [0.717, 1.165) is 51.2 Å². The van der Waals surface area contributed by atoms with Crippen molar-refractivity contribution in [3.63, 3.8) is 0 Å². The fourth-order valence-electron chi connectivity index (χ4n) is 1.86. The third kappa shape index (κ3) is 6.03. The maximum absolute atomic E-state index is 5.57. The molecule has 0 fully saturated rings. The monoisotopic (exact) mass is 250 g/mol. The van der Waals surface area contributed by atoms with Gasteiger partial charge in [-0.3, -0.25) is 4.90 Å². The third-order valence-corrected chi connectivity index (χ3v) is 2.84. The van der Waals surface area contributed by atoms with Crippen LogP contribution in [0, 0.1) is 0 Å². The Hall–Kier alpha value is -1.06. The fraction of sp³-hybridized carbons (Fsp3) is 0.600. The van der Waals surface area contributed by atoms with Crippen LogP contribution in [-0.4, -0.2) is 25.0 Å². The van der Waals surface area contributed by atoms with E-state index in [-0.39, 0.29) is 0 Å². The van der Waals surface area contributed by atoms with E-state index in [1.165, 1.54) is 5.56 Å². The Morgan fingerprint density at radius 1 is 1.50 bits per heavy atom. The Bertz CT molecular complexity index is 333. The summed E-state index contributed by atoms with van der Waals surface area (Å²) in [4.78, 5) is 2.28. The van der Waals surface area contributed by atoms with Crippen LogP contribution in [0.25, 0.3) is 0 Å². The van der Waals surface area contributed by atoms with Gasteiger partial charge in [0.2, 0.25) is 0 Å². The van der Waals surface area contributed by atoms with Crippen molar-refractivity contribution in [2.24, 2.45) is 0 Å². The first-order valence-corrected chi connectivity index (χ1v) is 6.82. The van der Waals surface area contributed by atoms with Crippen molar-refractivity contribution >= 4 is 0 Å². The Balaban J connectivity index is 2.27. The Labute approximate surface area is 111 Å². The molecule has 1 N–H and O–H groups in total. The van der Waals surface area contributed by atoms with E-state index in [0.29, 0.717) is 0 Å². The second kappa shape index (κ2) is 8.95. The lowest BCUT2D eigenvalue weighted by Gasteiger charge is -2.13. The molecule has 0 aliphatic carbocycles. The molecule has 1 heterocycles. The zero-order valence-corrected chi connectivity index (χ0v) is 11.7. The van der Waals surface area contributed by atoms with Crippen LogP contribution < -0.4 is 5.32 Å². The highest BCUT2D eigenvalue weighted by Gasteiger charge is 2.05. The van der Waals surface area contributed by atoms with E-state index >= 15 is 0 Å². The molecule has 3 heteroatoms. The lowest BCUT2D eigenvalue weighted by molar-refractivity contribution is 0.292. The molecular formula is C15H26N2O. The molecule has 1 aromatic rings. The van der Waals surface area contributed by atoms with E-state index in [4.69, 9.17) is 4.42 Å². The average Bonchev–Trinajstić information content (AvgIpc) is 2.77. The lowest BCUT2D eigenvalue weighted by Crippen LogP contribution is -2.18. The minimum Gasteiger partial charge on any atom is -0.468 e. The van der Waals surface area contributed by atoms with Crippen molar-refractivity contribution in [3.8, 4) is 0 Å². The molecule has 18 heavy (non-hydrogen) atoms. The molecule has 0 amide bonds. The number of furan rings is 1. The van der Waals surface area contributed by atoms with Gasteiger partial charge in [0.25, 0.3) is 0 Å². The minimum absolute atomic E-state index is 0.880. The second-order valence-corrected chi connectivity index (χ2v) is 4.77. The van der Waals surface area contributed by atoms with Crippen molar-refractivity contribution in [2.75, 3.05) is 20.1 Å². The quantitative estimate of drug-likeness (QED) is 0.511. The molecule has 102 valence electrons. The van der Waals surface area contributed by atoms with Crippen molar-refractivity contribution in [1.82, 2.24) is 10.2 Å². The summed E-state index contributed by atoms with van der Waals surface area (Å²) >= 11 is 0. The van der Waals surface area contributed by atoms with Crippen LogP contribution in [0.15, 0.2) is 29.4 Å². The fourth-order valence-corrected chi connectivity index (χ4v) is 1.86. The van der Waals surface area contributed by atoms with Gasteiger partial charge in [-0.1, -0.05) is 13.0 Å². The predicted molar refractivity (Wildman–Crippen MR) is 76.5 cm³/mol. The zero-order chi connectivity index (χ0) is 13.2. The number of unbranched alkanes of at least 4 members (excludes halogenated alkanes) is 1. The van der Waals surface area contributed by atoms with Crippen LogP contribution in [0.5, 0.6) is 0 Å². The first-order chi connectivity index (χ1) is 8.76. The number of allylic oxidation sites excluding steroid dienone is 1. The van der Waals surface area contributed by atoms with Gasteiger partial charge in [-0.15, -0.1) is 6.58 Å². The van der Waals surface area contributed by atoms with E-state index in [2.05, 4.69) is 36.8 Å². The van der Waals surface area contributed by atoms with Crippen LogP contribution >= 0.6 is 0 Å². The van der Waals surface area contributed by atoms with Crippen molar-refractivity contribution in [1.29, 1.82) is 0 Å². The summed E-state index contributed by atoms with van der Waals surface area (Å²) in [6.07, 6.45) is 7.23. The summed E-state index contributed by atoms with van der Waals surface area (Å²) in [6.45, 7) is 9.83. The van der Waals surface area contributed by atoms with Gasteiger partial charge in [-0.25, -0.2) is 0 Å². The average molecular weight is 250 g/mol. The number of nitrogens with zero attached hydrogens (tertiary/aromatic N) is 1. The maximum atomic E-state index is 5.57. The first-order valence-electron chi connectivity index (χ1n) is 6.82. The predicted octanol–water partition coefficient (Wildman–Crippen LogP) is 3.18. The van der Waals surface area contributed by atoms with Gasteiger partial charge in [-0.2, -0.15) is 0 Å². The van der Waals surface area contributed by atoms with Crippen LogP contribution in [0.4, 0.5) is 0 Å². The molecule has 0 saturated heterocycles. The first kappa shape index (κ1) is 15.0. The summed E-state index contributed by atoms with van der Waals surface area (Å²) in [5.41, 5.74) is 1.23. The minimum atomic E-state index is 0.880. The van der Waals surface area contributed by atoms with Gasteiger partial charge in [0, 0.05) is 12.1 Å². The largest absolute Gasteiger partial charge is 0.468 e. The molecule has 3 nitrogen and oxygen atoms in total. The van der Waals surface area contributed by atoms with E-state index < -0.39 is 0 Å². The maximum Gasteiger partial charge on any atom is 0.118 e. The standard InChI is InChI=1S/C15H26N2O/c1-4-6-7-9-17(3)12-15-10-14(13-18-15)11-16-8-5-2/h4,10,13,16H,1,5-9,11-12H2,2-3H3. The number of nitrogens with one attached hydrogen (secondary N) is 1. The molecule has 0 bridgehead atoms.